The number of fused-ring (bicyclic) bond motifs is 3. The number of piperidine rings is 1. The summed E-state index contributed by atoms with van der Waals surface area (Å²) in [6.07, 6.45) is -0.279. The third kappa shape index (κ3) is 4.12. The summed E-state index contributed by atoms with van der Waals surface area (Å²) < 4.78 is 39.9. The van der Waals surface area contributed by atoms with Crippen molar-refractivity contribution in [1.82, 2.24) is 26.1 Å². The lowest BCUT2D eigenvalue weighted by Crippen LogP contribution is -2.63. The summed E-state index contributed by atoms with van der Waals surface area (Å²) >= 11 is 0. The predicted molar refractivity (Wildman–Crippen MR) is 109 cm³/mol. The highest BCUT2D eigenvalue weighted by Crippen LogP contribution is 2.45. The molecule has 0 radical (unpaired) electrons. The molecule has 31 heavy (non-hydrogen) atoms. The summed E-state index contributed by atoms with van der Waals surface area (Å²) in [5.41, 5.74) is 7.21. The van der Waals surface area contributed by atoms with Gasteiger partial charge in [-0.3, -0.25) is 15.6 Å². The van der Waals surface area contributed by atoms with Crippen molar-refractivity contribution in [1.29, 1.82) is 0 Å². The molecule has 1 aliphatic carbocycles. The fourth-order valence-corrected chi connectivity index (χ4v) is 5.90. The Hall–Kier alpha value is -1.91. The van der Waals surface area contributed by atoms with E-state index in [4.69, 9.17) is 0 Å². The van der Waals surface area contributed by atoms with Gasteiger partial charge in [0, 0.05) is 51.0 Å². The number of carbonyl (C=O) groups excluding carboxylic acids is 1. The number of aromatic nitrogens is 1. The number of nitrogens with zero attached hydrogens (tertiary/aromatic N) is 3. The molecule has 7 nitrogen and oxygen atoms in total. The highest BCUT2D eigenvalue weighted by atomic mass is 19.4. The van der Waals surface area contributed by atoms with E-state index in [9.17, 15) is 18.0 Å². The molecular formula is C21H29F3N6O. The minimum absolute atomic E-state index is 0.0318. The van der Waals surface area contributed by atoms with Crippen LogP contribution in [-0.4, -0.2) is 73.3 Å². The molecule has 5 atom stereocenters. The van der Waals surface area contributed by atoms with Crippen molar-refractivity contribution in [2.24, 2.45) is 11.8 Å². The van der Waals surface area contributed by atoms with Crippen LogP contribution in [0.3, 0.4) is 0 Å². The van der Waals surface area contributed by atoms with Gasteiger partial charge < -0.3 is 15.1 Å². The number of piperazine rings is 1. The average molecular weight is 438 g/mol. The smallest absolute Gasteiger partial charge is 0.354 e. The van der Waals surface area contributed by atoms with Gasteiger partial charge in [-0.05, 0) is 42.7 Å². The maximum atomic E-state index is 13.3. The Bertz CT molecular complexity index is 797. The molecule has 3 saturated heterocycles. The zero-order valence-electron chi connectivity index (χ0n) is 17.4. The SMILES string of the molecule is O=C1C2CNNC2C2CCC(c3ccc(N4CCNCC4)nc3)CC2N1CC(F)(F)F. The van der Waals surface area contributed by atoms with Crippen LogP contribution >= 0.6 is 0 Å². The van der Waals surface area contributed by atoms with E-state index in [1.807, 2.05) is 12.3 Å². The fourth-order valence-electron chi connectivity index (χ4n) is 5.90. The van der Waals surface area contributed by atoms with Crippen LogP contribution in [0.15, 0.2) is 18.3 Å². The van der Waals surface area contributed by atoms with Crippen molar-refractivity contribution in [3.63, 3.8) is 0 Å². The minimum atomic E-state index is -4.40. The number of hydrogen-bond donors (Lipinski definition) is 3. The third-order valence-corrected chi connectivity index (χ3v) is 7.39. The summed E-state index contributed by atoms with van der Waals surface area (Å²) in [6.45, 7) is 2.92. The average Bonchev–Trinajstić information content (AvgIpc) is 3.27. The maximum Gasteiger partial charge on any atom is 0.406 e. The van der Waals surface area contributed by atoms with E-state index in [2.05, 4.69) is 32.1 Å². The molecule has 4 heterocycles. The molecule has 3 N–H and O–H groups in total. The number of hydrogen-bond acceptors (Lipinski definition) is 6. The number of alkyl halides is 3. The fraction of sp³-hybridized carbons (Fsp3) is 0.714. The van der Waals surface area contributed by atoms with Crippen LogP contribution < -0.4 is 21.1 Å². The largest absolute Gasteiger partial charge is 0.406 e. The van der Waals surface area contributed by atoms with Crippen LogP contribution in [0.4, 0.5) is 19.0 Å². The lowest BCUT2D eigenvalue weighted by Gasteiger charge is -2.50. The number of nitrogens with one attached hydrogen (secondary N) is 3. The Kier molecular flexibility index (Phi) is 5.56. The first-order valence-electron chi connectivity index (χ1n) is 11.2. The molecule has 1 aromatic rings. The number of likely N-dealkylation sites (tertiary alicyclic amines) is 1. The number of rotatable bonds is 3. The second-order valence-electron chi connectivity index (χ2n) is 9.17. The molecule has 0 bridgehead atoms. The van der Waals surface area contributed by atoms with E-state index in [1.165, 1.54) is 0 Å². The number of amides is 1. The maximum absolute atomic E-state index is 13.3. The third-order valence-electron chi connectivity index (χ3n) is 7.39. The van der Waals surface area contributed by atoms with E-state index in [1.54, 1.807) is 0 Å². The Morgan fingerprint density at radius 3 is 2.68 bits per heavy atom. The summed E-state index contributed by atoms with van der Waals surface area (Å²) in [5, 5.41) is 3.32. The van der Waals surface area contributed by atoms with Gasteiger partial charge in [-0.25, -0.2) is 4.98 Å². The van der Waals surface area contributed by atoms with Crippen molar-refractivity contribution in [2.45, 2.75) is 43.4 Å². The zero-order valence-corrected chi connectivity index (χ0v) is 17.4. The highest BCUT2D eigenvalue weighted by molar-refractivity contribution is 5.82. The quantitative estimate of drug-likeness (QED) is 0.660. The molecule has 0 spiro atoms. The van der Waals surface area contributed by atoms with Crippen molar-refractivity contribution in [3.05, 3.63) is 23.9 Å². The highest BCUT2D eigenvalue weighted by Gasteiger charge is 2.54. The zero-order chi connectivity index (χ0) is 21.6. The van der Waals surface area contributed by atoms with Crippen molar-refractivity contribution < 1.29 is 18.0 Å². The van der Waals surface area contributed by atoms with Gasteiger partial charge in [0.1, 0.15) is 12.4 Å². The number of hydrazine groups is 1. The molecule has 0 aromatic carbocycles. The van der Waals surface area contributed by atoms with Gasteiger partial charge in [0.05, 0.1) is 5.92 Å². The molecule has 4 fully saturated rings. The van der Waals surface area contributed by atoms with E-state index >= 15 is 0 Å². The first-order chi connectivity index (χ1) is 14.9. The van der Waals surface area contributed by atoms with Crippen LogP contribution in [0.5, 0.6) is 0 Å². The number of pyridine rings is 1. The summed E-state index contributed by atoms with van der Waals surface area (Å²) in [5.74, 6) is 0.285. The van der Waals surface area contributed by atoms with Crippen LogP contribution in [0.2, 0.25) is 0 Å². The molecule has 5 unspecified atom stereocenters. The van der Waals surface area contributed by atoms with E-state index in [-0.39, 0.29) is 23.8 Å². The van der Waals surface area contributed by atoms with Gasteiger partial charge in [-0.15, -0.1) is 0 Å². The Morgan fingerprint density at radius 2 is 1.97 bits per heavy atom. The molecule has 1 amide bonds. The van der Waals surface area contributed by atoms with Crippen LogP contribution in [-0.2, 0) is 4.79 Å². The minimum Gasteiger partial charge on any atom is -0.354 e. The molecule has 1 aromatic heterocycles. The summed E-state index contributed by atoms with van der Waals surface area (Å²) in [6, 6.07) is 3.59. The van der Waals surface area contributed by atoms with Crippen molar-refractivity contribution in [2.75, 3.05) is 44.2 Å². The van der Waals surface area contributed by atoms with Gasteiger partial charge >= 0.3 is 6.18 Å². The number of anilines is 1. The van der Waals surface area contributed by atoms with E-state index in [0.717, 1.165) is 55.3 Å². The molecule has 5 rings (SSSR count). The monoisotopic (exact) mass is 438 g/mol. The lowest BCUT2D eigenvalue weighted by molar-refractivity contribution is -0.178. The summed E-state index contributed by atoms with van der Waals surface area (Å²) in [7, 11) is 0. The van der Waals surface area contributed by atoms with Gasteiger partial charge in [-0.1, -0.05) is 6.07 Å². The van der Waals surface area contributed by atoms with Gasteiger partial charge in [0.15, 0.2) is 0 Å². The van der Waals surface area contributed by atoms with Crippen LogP contribution in [0.1, 0.15) is 30.7 Å². The summed E-state index contributed by atoms with van der Waals surface area (Å²) in [4.78, 5) is 20.9. The molecular weight excluding hydrogens is 409 g/mol. The van der Waals surface area contributed by atoms with Gasteiger partial charge in [0.25, 0.3) is 0 Å². The normalized spacial score (nSPS) is 33.9. The number of carbonyl (C=O) groups is 1. The van der Waals surface area contributed by atoms with Crippen molar-refractivity contribution >= 4 is 11.7 Å². The van der Waals surface area contributed by atoms with Crippen molar-refractivity contribution in [3.8, 4) is 0 Å². The van der Waals surface area contributed by atoms with Crippen LogP contribution in [0, 0.1) is 11.8 Å². The first-order valence-corrected chi connectivity index (χ1v) is 11.2. The van der Waals surface area contributed by atoms with E-state index < -0.39 is 24.7 Å². The molecule has 1 saturated carbocycles. The second-order valence-corrected chi connectivity index (χ2v) is 9.17. The standard InChI is InChI=1S/C21H29F3N6O/c22-21(23,24)12-30-17-9-13(1-3-15(17)19-16(20(30)31)11-27-28-19)14-2-4-18(26-10-14)29-7-5-25-6-8-29/h2,4,10,13,15-17,19,25,27-28H,1,3,5-9,11-12H2. The Morgan fingerprint density at radius 1 is 1.16 bits per heavy atom. The first kappa shape index (κ1) is 21.0. The molecule has 3 aliphatic heterocycles. The predicted octanol–water partition coefficient (Wildman–Crippen LogP) is 1.24. The molecule has 4 aliphatic rings. The van der Waals surface area contributed by atoms with E-state index in [0.29, 0.717) is 13.0 Å². The van der Waals surface area contributed by atoms with Gasteiger partial charge in [-0.2, -0.15) is 13.2 Å². The van der Waals surface area contributed by atoms with Crippen LogP contribution in [0.25, 0.3) is 0 Å². The topological polar surface area (TPSA) is 72.5 Å². The molecule has 170 valence electrons. The second kappa shape index (κ2) is 8.22. The Balaban J connectivity index is 1.34. The van der Waals surface area contributed by atoms with Gasteiger partial charge in [0.2, 0.25) is 5.91 Å². The number of halogens is 3. The molecule has 10 heteroatoms. The lowest BCUT2D eigenvalue weighted by atomic mass is 9.67. The Labute approximate surface area is 179 Å².